The van der Waals surface area contributed by atoms with Gasteiger partial charge in [0.15, 0.2) is 0 Å². The van der Waals surface area contributed by atoms with Crippen LogP contribution >= 0.6 is 11.3 Å². The number of hydrogen-bond donors (Lipinski definition) is 2. The lowest BCUT2D eigenvalue weighted by Crippen LogP contribution is -2.35. The van der Waals surface area contributed by atoms with Crippen LogP contribution < -0.4 is 10.6 Å². The second kappa shape index (κ2) is 7.18. The average Bonchev–Trinajstić information content (AvgIpc) is 2.75. The molecule has 0 spiro atoms. The van der Waals surface area contributed by atoms with Crippen molar-refractivity contribution in [2.75, 3.05) is 13.1 Å². The molecule has 0 saturated carbocycles. The van der Waals surface area contributed by atoms with E-state index in [1.165, 1.54) is 4.88 Å². The Kier molecular flexibility index (Phi) is 6.14. The molecule has 1 amide bonds. The van der Waals surface area contributed by atoms with Gasteiger partial charge in [-0.3, -0.25) is 4.79 Å². The van der Waals surface area contributed by atoms with Crippen LogP contribution in [0, 0.1) is 6.92 Å². The third-order valence-corrected chi connectivity index (χ3v) is 4.77. The fourth-order valence-electron chi connectivity index (χ4n) is 1.80. The van der Waals surface area contributed by atoms with Crippen LogP contribution in [0.1, 0.15) is 62.7 Å². The lowest BCUT2D eigenvalue weighted by molar-refractivity contribution is -0.120. The van der Waals surface area contributed by atoms with Crippen molar-refractivity contribution in [3.05, 3.63) is 15.6 Å². The van der Waals surface area contributed by atoms with Crippen LogP contribution in [-0.4, -0.2) is 24.0 Å². The molecule has 2 N–H and O–H groups in total. The summed E-state index contributed by atoms with van der Waals surface area (Å²) >= 11 is 1.74. The minimum absolute atomic E-state index is 0.0527. The summed E-state index contributed by atoms with van der Waals surface area (Å²) in [6, 6.07) is 0.149. The monoisotopic (exact) mass is 297 g/mol. The summed E-state index contributed by atoms with van der Waals surface area (Å²) in [6.07, 6.45) is 0.962. The van der Waals surface area contributed by atoms with Gasteiger partial charge in [0.1, 0.15) is 0 Å². The summed E-state index contributed by atoms with van der Waals surface area (Å²) in [5.41, 5.74) is 1.14. The first-order valence-electron chi connectivity index (χ1n) is 7.23. The van der Waals surface area contributed by atoms with Crippen molar-refractivity contribution in [2.24, 2.45) is 0 Å². The first-order chi connectivity index (χ1) is 9.25. The Morgan fingerprint density at radius 1 is 1.40 bits per heavy atom. The Hall–Kier alpha value is -0.940. The van der Waals surface area contributed by atoms with E-state index >= 15 is 0 Å². The molecule has 1 unspecified atom stereocenters. The van der Waals surface area contributed by atoms with Gasteiger partial charge in [0.25, 0.3) is 0 Å². The van der Waals surface area contributed by atoms with Gasteiger partial charge in [0, 0.05) is 22.9 Å². The fraction of sp³-hybridized carbons (Fsp3) is 0.733. The van der Waals surface area contributed by atoms with Crippen LogP contribution in [0.15, 0.2) is 0 Å². The standard InChI is InChI=1S/C15H27N3OS/c1-7-8-16-12(19)9-17-10(2)13-11(3)18-14(20-13)15(4,5)6/h10,17H,7-9H2,1-6H3,(H,16,19). The van der Waals surface area contributed by atoms with E-state index in [1.54, 1.807) is 11.3 Å². The molecule has 0 aromatic carbocycles. The summed E-state index contributed by atoms with van der Waals surface area (Å²) < 4.78 is 0. The molecular weight excluding hydrogens is 270 g/mol. The molecule has 0 bridgehead atoms. The number of amides is 1. The molecule has 0 aliphatic rings. The van der Waals surface area contributed by atoms with Crippen LogP contribution in [0.5, 0.6) is 0 Å². The highest BCUT2D eigenvalue weighted by Gasteiger charge is 2.22. The van der Waals surface area contributed by atoms with E-state index in [2.05, 4.69) is 43.3 Å². The van der Waals surface area contributed by atoms with Gasteiger partial charge in [-0.05, 0) is 20.3 Å². The Morgan fingerprint density at radius 3 is 2.55 bits per heavy atom. The highest BCUT2D eigenvalue weighted by Crippen LogP contribution is 2.32. The van der Waals surface area contributed by atoms with Gasteiger partial charge in [-0.1, -0.05) is 27.7 Å². The molecule has 0 radical (unpaired) electrons. The maximum absolute atomic E-state index is 11.6. The highest BCUT2D eigenvalue weighted by atomic mass is 32.1. The predicted octanol–water partition coefficient (Wildman–Crippen LogP) is 2.93. The smallest absolute Gasteiger partial charge is 0.233 e. The van der Waals surface area contributed by atoms with Crippen molar-refractivity contribution in [3.8, 4) is 0 Å². The first kappa shape index (κ1) is 17.1. The molecule has 0 aliphatic heterocycles. The Morgan fingerprint density at radius 2 is 2.05 bits per heavy atom. The zero-order valence-corrected chi connectivity index (χ0v) is 14.3. The predicted molar refractivity (Wildman–Crippen MR) is 85.3 cm³/mol. The van der Waals surface area contributed by atoms with E-state index in [0.717, 1.165) is 23.7 Å². The number of hydrogen-bond acceptors (Lipinski definition) is 4. The normalized spacial score (nSPS) is 13.3. The number of carbonyl (C=O) groups is 1. The molecule has 1 atom stereocenters. The van der Waals surface area contributed by atoms with Crippen LogP contribution in [0.25, 0.3) is 0 Å². The van der Waals surface area contributed by atoms with Gasteiger partial charge in [0.2, 0.25) is 5.91 Å². The number of aryl methyl sites for hydroxylation is 1. The van der Waals surface area contributed by atoms with Gasteiger partial charge < -0.3 is 10.6 Å². The number of aromatic nitrogens is 1. The first-order valence-corrected chi connectivity index (χ1v) is 8.05. The maximum Gasteiger partial charge on any atom is 0.233 e. The second-order valence-electron chi connectivity index (χ2n) is 6.17. The summed E-state index contributed by atoms with van der Waals surface area (Å²) in [5, 5.41) is 7.29. The van der Waals surface area contributed by atoms with Crippen LogP contribution in [-0.2, 0) is 10.2 Å². The number of thiazole rings is 1. The summed E-state index contributed by atoms with van der Waals surface area (Å²) in [7, 11) is 0. The molecule has 1 aromatic heterocycles. The summed E-state index contributed by atoms with van der Waals surface area (Å²) in [6.45, 7) is 13.8. The third kappa shape index (κ3) is 4.87. The number of carbonyl (C=O) groups excluding carboxylic acids is 1. The molecule has 0 aliphatic carbocycles. The number of nitrogens with zero attached hydrogens (tertiary/aromatic N) is 1. The minimum atomic E-state index is 0.0527. The molecule has 0 fully saturated rings. The fourth-order valence-corrected chi connectivity index (χ4v) is 2.95. The Bertz CT molecular complexity index is 448. The largest absolute Gasteiger partial charge is 0.355 e. The third-order valence-electron chi connectivity index (χ3n) is 3.01. The SMILES string of the molecule is CCCNC(=O)CNC(C)c1sc(C(C)(C)C)nc1C. The Labute approximate surface area is 126 Å². The van der Waals surface area contributed by atoms with Crippen molar-refractivity contribution < 1.29 is 4.79 Å². The molecular formula is C15H27N3OS. The van der Waals surface area contributed by atoms with E-state index in [1.807, 2.05) is 13.8 Å². The van der Waals surface area contributed by atoms with Crippen molar-refractivity contribution in [1.82, 2.24) is 15.6 Å². The molecule has 1 aromatic rings. The van der Waals surface area contributed by atoms with E-state index in [4.69, 9.17) is 0 Å². The van der Waals surface area contributed by atoms with E-state index in [9.17, 15) is 4.79 Å². The zero-order valence-electron chi connectivity index (χ0n) is 13.5. The quantitative estimate of drug-likeness (QED) is 0.849. The Balaban J connectivity index is 2.62. The van der Waals surface area contributed by atoms with E-state index in [0.29, 0.717) is 6.54 Å². The van der Waals surface area contributed by atoms with E-state index in [-0.39, 0.29) is 17.4 Å². The van der Waals surface area contributed by atoms with Gasteiger partial charge in [-0.15, -0.1) is 11.3 Å². The lowest BCUT2D eigenvalue weighted by Gasteiger charge is -2.14. The van der Waals surface area contributed by atoms with Gasteiger partial charge in [0.05, 0.1) is 17.2 Å². The number of nitrogens with one attached hydrogen (secondary N) is 2. The van der Waals surface area contributed by atoms with Crippen molar-refractivity contribution >= 4 is 17.2 Å². The van der Waals surface area contributed by atoms with Crippen LogP contribution in [0.3, 0.4) is 0 Å². The summed E-state index contributed by atoms with van der Waals surface area (Å²) in [5.74, 6) is 0.0527. The van der Waals surface area contributed by atoms with Gasteiger partial charge in [-0.2, -0.15) is 0 Å². The van der Waals surface area contributed by atoms with Crippen LogP contribution in [0.2, 0.25) is 0 Å². The molecule has 20 heavy (non-hydrogen) atoms. The van der Waals surface area contributed by atoms with Gasteiger partial charge in [-0.25, -0.2) is 4.98 Å². The molecule has 5 heteroatoms. The van der Waals surface area contributed by atoms with Crippen molar-refractivity contribution in [1.29, 1.82) is 0 Å². The average molecular weight is 297 g/mol. The highest BCUT2D eigenvalue weighted by molar-refractivity contribution is 7.12. The minimum Gasteiger partial charge on any atom is -0.355 e. The lowest BCUT2D eigenvalue weighted by atomic mass is 9.98. The number of rotatable bonds is 6. The molecule has 0 saturated heterocycles. The van der Waals surface area contributed by atoms with Gasteiger partial charge >= 0.3 is 0 Å². The van der Waals surface area contributed by atoms with Crippen LogP contribution in [0.4, 0.5) is 0 Å². The topological polar surface area (TPSA) is 54.0 Å². The molecule has 114 valence electrons. The second-order valence-corrected chi connectivity index (χ2v) is 7.20. The van der Waals surface area contributed by atoms with Crippen molar-refractivity contribution in [2.45, 2.75) is 59.4 Å². The summed E-state index contributed by atoms with van der Waals surface area (Å²) in [4.78, 5) is 17.5. The molecule has 1 rings (SSSR count). The maximum atomic E-state index is 11.6. The molecule has 1 heterocycles. The zero-order chi connectivity index (χ0) is 15.3. The van der Waals surface area contributed by atoms with Crippen molar-refractivity contribution in [3.63, 3.8) is 0 Å². The van der Waals surface area contributed by atoms with E-state index < -0.39 is 0 Å². The molecule has 4 nitrogen and oxygen atoms in total.